The fraction of sp³-hybridized carbons (Fsp3) is 0.500. The molecule has 0 spiro atoms. The summed E-state index contributed by atoms with van der Waals surface area (Å²) in [5.41, 5.74) is 0.384. The number of carbonyl (C=O) groups excluding carboxylic acids is 3. The van der Waals surface area contributed by atoms with Gasteiger partial charge >= 0.3 is 16.4 Å². The molecule has 1 saturated carbocycles. The van der Waals surface area contributed by atoms with E-state index in [1.807, 2.05) is 39.1 Å². The summed E-state index contributed by atoms with van der Waals surface area (Å²) in [4.78, 5) is 54.0. The third kappa shape index (κ3) is 9.43. The van der Waals surface area contributed by atoms with Crippen LogP contribution in [0, 0.1) is 18.8 Å². The number of alkyl halides is 3. The van der Waals surface area contributed by atoms with Crippen molar-refractivity contribution in [2.45, 2.75) is 96.6 Å². The number of thiazole rings is 1. The molecule has 6 rings (SSSR count). The molecule has 2 aromatic heterocycles. The van der Waals surface area contributed by atoms with Crippen LogP contribution in [0.1, 0.15) is 76.6 Å². The van der Waals surface area contributed by atoms with Gasteiger partial charge in [0.15, 0.2) is 0 Å². The topological polar surface area (TPSA) is 172 Å². The van der Waals surface area contributed by atoms with Crippen LogP contribution in [-0.4, -0.2) is 96.8 Å². The van der Waals surface area contributed by atoms with Gasteiger partial charge in [0.25, 0.3) is 5.91 Å². The Hall–Kier alpha value is -5.01. The number of likely N-dealkylation sites (tertiary alicyclic amines) is 1. The molecule has 5 unspecified atom stereocenters. The first kappa shape index (κ1) is 45.5. The van der Waals surface area contributed by atoms with E-state index < -0.39 is 69.3 Å². The molecule has 3 N–H and O–H groups in total. The summed E-state index contributed by atoms with van der Waals surface area (Å²) >= 11 is 1.44. The molecule has 61 heavy (non-hydrogen) atoms. The number of amides is 3. The van der Waals surface area contributed by atoms with Gasteiger partial charge in [0.05, 0.1) is 30.4 Å². The molecule has 3 heterocycles. The molecule has 2 aliphatic rings. The minimum atomic E-state index is -4.62. The van der Waals surface area contributed by atoms with E-state index >= 15 is 0 Å². The van der Waals surface area contributed by atoms with Gasteiger partial charge in [0.1, 0.15) is 45.9 Å². The molecule has 19 heteroatoms. The van der Waals surface area contributed by atoms with Gasteiger partial charge in [-0.15, -0.1) is 11.3 Å². The Labute approximate surface area is 357 Å². The highest BCUT2D eigenvalue weighted by atomic mass is 32.2. The molecule has 5 atom stereocenters. The summed E-state index contributed by atoms with van der Waals surface area (Å²) in [6, 6.07) is 7.57. The second-order valence-electron chi connectivity index (χ2n) is 16.4. The van der Waals surface area contributed by atoms with Crippen LogP contribution >= 0.6 is 11.3 Å². The predicted octanol–water partition coefficient (Wildman–Crippen LogP) is 6.51. The lowest BCUT2D eigenvalue weighted by Crippen LogP contribution is -2.58. The van der Waals surface area contributed by atoms with E-state index in [4.69, 9.17) is 19.4 Å². The fourth-order valence-electron chi connectivity index (χ4n) is 7.60. The molecular formula is C42H52F3N7O7S2. The minimum Gasteiger partial charge on any atom is -0.496 e. The molecule has 1 saturated heterocycles. The Bertz CT molecular complexity index is 2420. The molecule has 4 aromatic rings. The first-order chi connectivity index (χ1) is 28.6. The average molecular weight is 888 g/mol. The maximum Gasteiger partial charge on any atom is 0.416 e. The second kappa shape index (κ2) is 17.4. The largest absolute Gasteiger partial charge is 0.496 e. The minimum absolute atomic E-state index is 0.0422. The summed E-state index contributed by atoms with van der Waals surface area (Å²) in [5.74, 6) is -1.86. The van der Waals surface area contributed by atoms with Crippen molar-refractivity contribution < 1.29 is 45.4 Å². The Balaban J connectivity index is 1.38. The number of benzene rings is 2. The lowest BCUT2D eigenvalue weighted by molar-refractivity contribution is -0.140. The number of aryl methyl sites for hydroxylation is 1. The van der Waals surface area contributed by atoms with Crippen LogP contribution in [0.25, 0.3) is 21.6 Å². The quantitative estimate of drug-likeness (QED) is 0.120. The Morgan fingerprint density at radius 2 is 1.79 bits per heavy atom. The van der Waals surface area contributed by atoms with Crippen LogP contribution < -0.4 is 24.8 Å². The SMILES string of the molecule is CCC1CC1(NC(=O)C1CC(Oc2cc(-c3nc(C(C)C)cs3)nc3c(C)c(OC)ccc23)CN1C(=O)C(Nc1cccc(C(F)(F)F)c1)C(C)C)C(=O)NS(=O)(=O)N(C)C. The number of hydrogen-bond acceptors (Lipinski definition) is 11. The summed E-state index contributed by atoms with van der Waals surface area (Å²) in [6.07, 6.45) is -4.85. The molecular weight excluding hydrogens is 836 g/mol. The number of carbonyl (C=O) groups is 3. The van der Waals surface area contributed by atoms with Crippen molar-refractivity contribution in [3.63, 3.8) is 0 Å². The van der Waals surface area contributed by atoms with Gasteiger partial charge in [-0.25, -0.2) is 14.7 Å². The number of aromatic nitrogens is 2. The monoisotopic (exact) mass is 887 g/mol. The number of anilines is 1. The third-order valence-electron chi connectivity index (χ3n) is 11.3. The number of rotatable bonds is 15. The summed E-state index contributed by atoms with van der Waals surface area (Å²) in [7, 11) is -0.121. The summed E-state index contributed by atoms with van der Waals surface area (Å²) in [5, 5.41) is 9.06. The number of hydrogen-bond donors (Lipinski definition) is 3. The van der Waals surface area contributed by atoms with Gasteiger partial charge in [0.2, 0.25) is 11.8 Å². The number of pyridine rings is 1. The van der Waals surface area contributed by atoms with E-state index in [-0.39, 0.29) is 36.9 Å². The van der Waals surface area contributed by atoms with Crippen LogP contribution in [0.5, 0.6) is 11.5 Å². The first-order valence-electron chi connectivity index (χ1n) is 20.0. The average Bonchev–Trinajstić information content (AvgIpc) is 3.47. The van der Waals surface area contributed by atoms with E-state index in [1.54, 1.807) is 33.1 Å². The predicted molar refractivity (Wildman–Crippen MR) is 226 cm³/mol. The molecule has 3 amide bonds. The molecule has 1 aliphatic carbocycles. The van der Waals surface area contributed by atoms with Gasteiger partial charge in [-0.3, -0.25) is 14.4 Å². The lowest BCUT2D eigenvalue weighted by atomic mass is 10.0. The maximum atomic E-state index is 14.7. The van der Waals surface area contributed by atoms with Gasteiger partial charge in [0, 0.05) is 48.6 Å². The van der Waals surface area contributed by atoms with Crippen molar-refractivity contribution in [1.82, 2.24) is 29.2 Å². The van der Waals surface area contributed by atoms with Gasteiger partial charge < -0.3 is 25.0 Å². The zero-order valence-corrected chi connectivity index (χ0v) is 37.1. The zero-order valence-electron chi connectivity index (χ0n) is 35.5. The highest BCUT2D eigenvalue weighted by molar-refractivity contribution is 7.87. The number of ether oxygens (including phenoxy) is 2. The number of methoxy groups -OCH3 is 1. The fourth-order valence-corrected chi connectivity index (χ4v) is 9.14. The van der Waals surface area contributed by atoms with Crippen molar-refractivity contribution in [2.75, 3.05) is 33.1 Å². The van der Waals surface area contributed by atoms with Crippen LogP contribution in [0.4, 0.5) is 18.9 Å². The molecule has 0 bridgehead atoms. The summed E-state index contributed by atoms with van der Waals surface area (Å²) in [6.45, 7) is 11.1. The number of halogens is 3. The van der Waals surface area contributed by atoms with Crippen LogP contribution in [0.2, 0.25) is 0 Å². The van der Waals surface area contributed by atoms with Crippen molar-refractivity contribution >= 4 is 55.9 Å². The van der Waals surface area contributed by atoms with Crippen molar-refractivity contribution in [3.8, 4) is 22.2 Å². The standard InChI is InChI=1S/C42H52F3N7O7S2/c1-10-25-19-41(25,40(55)50-61(56,57)51(7)8)49-37(53)32-17-28(20-52(32)39(54)35(23(4)5)46-27-13-11-12-26(16-27)42(43,44)45)59-34-18-30(38-48-31(21-60-38)22(2)3)47-36-24(6)33(58-9)15-14-29(34)36/h11-16,18,21-23,25,28,32,35,46H,10,17,19-20H2,1-9H3,(H,49,53)(H,50,55). The molecule has 14 nitrogen and oxygen atoms in total. The Kier molecular flexibility index (Phi) is 13.0. The van der Waals surface area contributed by atoms with Crippen LogP contribution in [0.3, 0.4) is 0 Å². The number of nitrogens with one attached hydrogen (secondary N) is 3. The first-order valence-corrected chi connectivity index (χ1v) is 22.3. The van der Waals surface area contributed by atoms with E-state index in [2.05, 4.69) is 15.4 Å². The molecule has 2 aromatic carbocycles. The second-order valence-corrected chi connectivity index (χ2v) is 19.2. The normalized spacial score (nSPS) is 20.9. The smallest absolute Gasteiger partial charge is 0.416 e. The molecule has 1 aliphatic heterocycles. The molecule has 330 valence electrons. The van der Waals surface area contributed by atoms with Crippen LogP contribution in [-0.2, 0) is 30.8 Å². The summed E-state index contributed by atoms with van der Waals surface area (Å²) < 4.78 is 81.7. The molecule has 2 fully saturated rings. The third-order valence-corrected chi connectivity index (χ3v) is 13.6. The highest BCUT2D eigenvalue weighted by Gasteiger charge is 2.62. The molecule has 0 radical (unpaired) electrons. The maximum absolute atomic E-state index is 14.7. The van der Waals surface area contributed by atoms with E-state index in [0.29, 0.717) is 39.5 Å². The van der Waals surface area contributed by atoms with Crippen molar-refractivity contribution in [2.24, 2.45) is 11.8 Å². The number of fused-ring (bicyclic) bond motifs is 1. The number of nitrogens with zero attached hydrogens (tertiary/aromatic N) is 4. The van der Waals surface area contributed by atoms with Crippen LogP contribution in [0.15, 0.2) is 47.8 Å². The van der Waals surface area contributed by atoms with Gasteiger partial charge in [-0.1, -0.05) is 47.1 Å². The van der Waals surface area contributed by atoms with Crippen molar-refractivity contribution in [3.05, 3.63) is 64.7 Å². The van der Waals surface area contributed by atoms with Gasteiger partial charge in [-0.05, 0) is 61.4 Å². The van der Waals surface area contributed by atoms with E-state index in [9.17, 15) is 36.0 Å². The Morgan fingerprint density at radius 1 is 1.07 bits per heavy atom. The highest BCUT2D eigenvalue weighted by Crippen LogP contribution is 2.47. The Morgan fingerprint density at radius 3 is 2.38 bits per heavy atom. The van der Waals surface area contributed by atoms with Gasteiger partial charge in [-0.2, -0.15) is 25.9 Å². The van der Waals surface area contributed by atoms with E-state index in [1.165, 1.54) is 42.5 Å². The van der Waals surface area contributed by atoms with Crippen molar-refractivity contribution in [1.29, 1.82) is 0 Å². The zero-order chi connectivity index (χ0) is 44.8. The van der Waals surface area contributed by atoms with E-state index in [0.717, 1.165) is 27.7 Å². The lowest BCUT2D eigenvalue weighted by Gasteiger charge is -2.32.